The van der Waals surface area contributed by atoms with Crippen LogP contribution in [0.4, 0.5) is 0 Å². The molecule has 0 aliphatic carbocycles. The van der Waals surface area contributed by atoms with E-state index in [2.05, 4.69) is 146 Å². The van der Waals surface area contributed by atoms with Crippen molar-refractivity contribution in [3.63, 3.8) is 0 Å². The lowest BCUT2D eigenvalue weighted by Gasteiger charge is -2.32. The second-order valence-electron chi connectivity index (χ2n) is 12.1. The van der Waals surface area contributed by atoms with Crippen LogP contribution in [0.3, 0.4) is 0 Å². The van der Waals surface area contributed by atoms with Crippen molar-refractivity contribution in [1.29, 1.82) is 0 Å². The lowest BCUT2D eigenvalue weighted by atomic mass is 9.75. The molecule has 1 heteroatoms. The highest BCUT2D eigenvalue weighted by atomic mass is 31.1. The lowest BCUT2D eigenvalue weighted by Crippen LogP contribution is -2.29. The normalized spacial score (nSPS) is 12.3. The minimum atomic E-state index is 0.0384. The molecule has 0 N–H and O–H groups in total. The predicted molar refractivity (Wildman–Crippen MR) is 153 cm³/mol. The van der Waals surface area contributed by atoms with Crippen LogP contribution in [0, 0.1) is 0 Å². The first-order valence-corrected chi connectivity index (χ1v) is 13.1. The molecule has 0 atom stereocenters. The summed E-state index contributed by atoms with van der Waals surface area (Å²) in [6.07, 6.45) is 0. The third kappa shape index (κ3) is 6.29. The van der Waals surface area contributed by atoms with Crippen molar-refractivity contribution in [1.82, 2.24) is 0 Å². The second-order valence-corrected chi connectivity index (χ2v) is 13.0. The third-order valence-electron chi connectivity index (χ3n) is 6.07. The maximum Gasteiger partial charge on any atom is 0.0397 e. The van der Waals surface area contributed by atoms with Crippen LogP contribution in [-0.2, 0) is 16.2 Å². The van der Waals surface area contributed by atoms with E-state index in [0.717, 1.165) is 24.9 Å². The van der Waals surface area contributed by atoms with Crippen molar-refractivity contribution in [3.8, 4) is 0 Å². The molecule has 0 saturated carbocycles. The van der Waals surface area contributed by atoms with Gasteiger partial charge < -0.3 is 0 Å². The minimum Gasteiger partial charge on any atom is -0.0622 e. The van der Waals surface area contributed by atoms with E-state index >= 15 is 0 Å². The molecule has 3 aromatic rings. The molecule has 0 amide bonds. The first kappa shape index (κ1) is 26.0. The van der Waals surface area contributed by atoms with Gasteiger partial charge >= 0.3 is 0 Å². The quantitative estimate of drug-likeness (QED) is 0.267. The van der Waals surface area contributed by atoms with Crippen molar-refractivity contribution >= 4 is 24.5 Å². The molecular weight excluding hydrogens is 427 g/mol. The smallest absolute Gasteiger partial charge is 0.0397 e. The molecule has 0 unspecified atom stereocenters. The van der Waals surface area contributed by atoms with Gasteiger partial charge in [-0.25, -0.2) is 0 Å². The highest BCUT2D eigenvalue weighted by Gasteiger charge is 2.28. The Hall–Kier alpha value is -2.61. The molecule has 34 heavy (non-hydrogen) atoms. The van der Waals surface area contributed by atoms with E-state index in [1.54, 1.807) is 0 Å². The van der Waals surface area contributed by atoms with Crippen LogP contribution in [-0.4, -0.2) is 5.45 Å². The maximum absolute atomic E-state index is 3.57. The molecule has 0 bridgehead atoms. The number of benzene rings is 3. The summed E-state index contributed by atoms with van der Waals surface area (Å²) in [6.45, 7) is 20.8. The first-order chi connectivity index (χ1) is 15.8. The molecule has 0 aromatic heterocycles. The Balaban J connectivity index is 2.35. The van der Waals surface area contributed by atoms with Crippen LogP contribution in [0.5, 0.6) is 0 Å². The zero-order chi connectivity index (χ0) is 25.1. The molecule has 0 heterocycles. The third-order valence-corrected chi connectivity index (χ3v) is 6.99. The van der Waals surface area contributed by atoms with Gasteiger partial charge in [0.05, 0.1) is 0 Å². The zero-order valence-corrected chi connectivity index (χ0v) is 23.3. The van der Waals surface area contributed by atoms with E-state index in [4.69, 9.17) is 0 Å². The van der Waals surface area contributed by atoms with Crippen molar-refractivity contribution in [3.05, 3.63) is 106 Å². The number of hydrogen-bond acceptors (Lipinski definition) is 0. The maximum atomic E-state index is 3.57. The monoisotopic (exact) mass is 466 g/mol. The first-order valence-electron chi connectivity index (χ1n) is 12.2. The summed E-state index contributed by atoms with van der Waals surface area (Å²) in [5, 5.41) is 1.36. The van der Waals surface area contributed by atoms with Crippen molar-refractivity contribution in [2.75, 3.05) is 0 Å². The highest BCUT2D eigenvalue weighted by molar-refractivity contribution is 7.46. The molecule has 0 radical (unpaired) electrons. The molecule has 3 rings (SSSR count). The van der Waals surface area contributed by atoms with Crippen molar-refractivity contribution in [2.24, 2.45) is 0 Å². The van der Waals surface area contributed by atoms with Crippen molar-refractivity contribution in [2.45, 2.75) is 78.6 Å². The van der Waals surface area contributed by atoms with Gasteiger partial charge in [-0.3, -0.25) is 0 Å². The molecule has 0 spiro atoms. The van der Waals surface area contributed by atoms with Crippen LogP contribution < -0.4 is 5.30 Å². The molecular formula is C33H39P. The molecule has 3 aromatic carbocycles. The van der Waals surface area contributed by atoms with Gasteiger partial charge in [-0.1, -0.05) is 141 Å². The summed E-state index contributed by atoms with van der Waals surface area (Å²) in [5.41, 5.74) is 14.9. The largest absolute Gasteiger partial charge is 0.0622 e. The molecule has 0 nitrogen and oxygen atoms in total. The van der Waals surface area contributed by atoms with E-state index in [-0.39, 0.29) is 16.2 Å². The van der Waals surface area contributed by atoms with Gasteiger partial charge in [0.2, 0.25) is 0 Å². The summed E-state index contributed by atoms with van der Waals surface area (Å²) >= 11 is 0. The summed E-state index contributed by atoms with van der Waals surface area (Å²) in [7, 11) is 1.06. The molecule has 0 aliphatic heterocycles. The topological polar surface area (TPSA) is 0 Å². The van der Waals surface area contributed by atoms with Gasteiger partial charge in [0, 0.05) is 10.9 Å². The minimum absolute atomic E-state index is 0.0384. The van der Waals surface area contributed by atoms with E-state index in [9.17, 15) is 0 Å². The van der Waals surface area contributed by atoms with E-state index in [1.807, 2.05) is 0 Å². The standard InChI is InChI=1S/C33H39P/c1-31(2,3)26-22-28(32(4,5)6)30(29(23-26)33(7,8)9)34-21-20-27(24-16-12-10-13-17-24)25-18-14-11-15-19-25/h10-19,22-23H,1-9H3. The number of hydrogen-bond donors (Lipinski definition) is 0. The Bertz CT molecular complexity index is 1150. The van der Waals surface area contributed by atoms with Gasteiger partial charge in [-0.05, 0) is 57.7 Å². The average Bonchev–Trinajstić information content (AvgIpc) is 2.75. The Labute approximate surface area is 209 Å². The van der Waals surface area contributed by atoms with E-state index < -0.39 is 0 Å². The van der Waals surface area contributed by atoms with Crippen molar-refractivity contribution < 1.29 is 0 Å². The molecule has 176 valence electrons. The van der Waals surface area contributed by atoms with Crippen LogP contribution >= 0.6 is 8.20 Å². The summed E-state index contributed by atoms with van der Waals surface area (Å²) in [5.74, 6) is 0. The Morgan fingerprint density at radius 3 is 1.35 bits per heavy atom. The van der Waals surface area contributed by atoms with Crippen LogP contribution in [0.25, 0.3) is 5.57 Å². The fraction of sp³-hybridized carbons (Fsp3) is 0.364. The summed E-state index contributed by atoms with van der Waals surface area (Å²) < 4.78 is 0. The Morgan fingerprint density at radius 2 is 1.00 bits per heavy atom. The highest BCUT2D eigenvalue weighted by Crippen LogP contribution is 2.35. The van der Waals surface area contributed by atoms with Crippen LogP contribution in [0.2, 0.25) is 0 Å². The van der Waals surface area contributed by atoms with Gasteiger partial charge in [0.15, 0.2) is 0 Å². The fourth-order valence-electron chi connectivity index (χ4n) is 3.99. The fourth-order valence-corrected chi connectivity index (χ4v) is 5.31. The zero-order valence-electron chi connectivity index (χ0n) is 22.4. The van der Waals surface area contributed by atoms with Gasteiger partial charge in [-0.2, -0.15) is 0 Å². The SMILES string of the molecule is CC(C)(C)c1cc(C(C)(C)C)c(P=C=C=C(c2ccccc2)c2ccccc2)c(C(C)(C)C)c1. The summed E-state index contributed by atoms with van der Waals surface area (Å²) in [6, 6.07) is 25.9. The molecule has 0 fully saturated rings. The van der Waals surface area contributed by atoms with E-state index in [1.165, 1.54) is 22.0 Å². The lowest BCUT2D eigenvalue weighted by molar-refractivity contribution is 0.554. The average molecular weight is 467 g/mol. The van der Waals surface area contributed by atoms with Crippen LogP contribution in [0.1, 0.15) is 90.1 Å². The Kier molecular flexibility index (Phi) is 7.60. The molecule has 0 saturated heterocycles. The Morgan fingerprint density at radius 1 is 0.588 bits per heavy atom. The predicted octanol–water partition coefficient (Wildman–Crippen LogP) is 8.84. The second kappa shape index (κ2) is 9.94. The van der Waals surface area contributed by atoms with Gasteiger partial charge in [0.25, 0.3) is 0 Å². The molecule has 0 aliphatic rings. The van der Waals surface area contributed by atoms with Gasteiger partial charge in [0.1, 0.15) is 0 Å². The van der Waals surface area contributed by atoms with Gasteiger partial charge in [-0.15, -0.1) is 0 Å². The van der Waals surface area contributed by atoms with E-state index in [0.29, 0.717) is 0 Å². The summed E-state index contributed by atoms with van der Waals surface area (Å²) in [4.78, 5) is 0. The number of rotatable bonds is 3. The van der Waals surface area contributed by atoms with Crippen LogP contribution in [0.15, 0.2) is 78.5 Å².